The van der Waals surface area contributed by atoms with Crippen molar-refractivity contribution in [3.63, 3.8) is 0 Å². The number of nitrogens with one attached hydrogen (secondary N) is 1. The summed E-state index contributed by atoms with van der Waals surface area (Å²) in [4.78, 5) is 32.8. The Morgan fingerprint density at radius 3 is 2.66 bits per heavy atom. The van der Waals surface area contributed by atoms with E-state index in [2.05, 4.69) is 10.3 Å². The number of ether oxygens (including phenoxy) is 1. The van der Waals surface area contributed by atoms with Crippen molar-refractivity contribution in [1.29, 1.82) is 0 Å². The van der Waals surface area contributed by atoms with Gasteiger partial charge in [0.15, 0.2) is 0 Å². The maximum atomic E-state index is 13.7. The number of pyridine rings is 1. The van der Waals surface area contributed by atoms with Gasteiger partial charge in [0.05, 0.1) is 12.6 Å². The van der Waals surface area contributed by atoms with E-state index in [1.165, 1.54) is 12.1 Å². The van der Waals surface area contributed by atoms with E-state index in [0.717, 1.165) is 6.42 Å². The zero-order valence-electron chi connectivity index (χ0n) is 16.0. The maximum Gasteiger partial charge on any atom is 0.318 e. The first-order valence-corrected chi connectivity index (χ1v) is 9.80. The summed E-state index contributed by atoms with van der Waals surface area (Å²) in [5, 5.41) is 3.01. The molecule has 1 fully saturated rings. The third-order valence-corrected chi connectivity index (χ3v) is 5.28. The summed E-state index contributed by atoms with van der Waals surface area (Å²) >= 11 is 0. The molecule has 1 unspecified atom stereocenters. The van der Waals surface area contributed by atoms with E-state index < -0.39 is 0 Å². The van der Waals surface area contributed by atoms with Crippen LogP contribution in [0.4, 0.5) is 9.18 Å². The van der Waals surface area contributed by atoms with Gasteiger partial charge in [0, 0.05) is 37.9 Å². The van der Waals surface area contributed by atoms with Gasteiger partial charge < -0.3 is 19.9 Å². The summed E-state index contributed by atoms with van der Waals surface area (Å²) in [5.74, 6) is 0.131. The lowest BCUT2D eigenvalue weighted by atomic mass is 10.0. The van der Waals surface area contributed by atoms with Crippen molar-refractivity contribution in [2.24, 2.45) is 0 Å². The van der Waals surface area contributed by atoms with Gasteiger partial charge in [0.1, 0.15) is 17.3 Å². The number of urea groups is 1. The lowest BCUT2D eigenvalue weighted by molar-refractivity contribution is 0.0657. The number of fused-ring (bicyclic) bond motifs is 1. The molecule has 4 rings (SSSR count). The summed E-state index contributed by atoms with van der Waals surface area (Å²) < 4.78 is 19.4. The Labute approximate surface area is 168 Å². The van der Waals surface area contributed by atoms with Crippen LogP contribution in [0.15, 0.2) is 42.6 Å². The van der Waals surface area contributed by atoms with Crippen LogP contribution in [-0.2, 0) is 0 Å². The first-order valence-electron chi connectivity index (χ1n) is 9.80. The summed E-state index contributed by atoms with van der Waals surface area (Å²) in [5.41, 5.74) is 1.07. The molecule has 3 amide bonds. The molecule has 0 radical (unpaired) electrons. The second kappa shape index (κ2) is 8.46. The van der Waals surface area contributed by atoms with Crippen molar-refractivity contribution < 1.29 is 18.7 Å². The number of rotatable bonds is 2. The lowest BCUT2D eigenvalue weighted by Gasteiger charge is -2.35. The van der Waals surface area contributed by atoms with Crippen LogP contribution in [0.3, 0.4) is 0 Å². The second-order valence-corrected chi connectivity index (χ2v) is 7.17. The molecule has 1 saturated heterocycles. The molecule has 0 spiro atoms. The van der Waals surface area contributed by atoms with E-state index in [-0.39, 0.29) is 23.8 Å². The number of nitrogens with zero attached hydrogens (tertiary/aromatic N) is 3. The van der Waals surface area contributed by atoms with Crippen LogP contribution >= 0.6 is 0 Å². The predicted octanol–water partition coefficient (Wildman–Crippen LogP) is 2.60. The van der Waals surface area contributed by atoms with Gasteiger partial charge in [-0.1, -0.05) is 6.07 Å². The summed E-state index contributed by atoms with van der Waals surface area (Å²) in [7, 11) is 0. The molecule has 0 saturated carbocycles. The van der Waals surface area contributed by atoms with E-state index in [4.69, 9.17) is 4.74 Å². The number of halogens is 1. The van der Waals surface area contributed by atoms with Crippen LogP contribution in [-0.4, -0.2) is 59.5 Å². The van der Waals surface area contributed by atoms with Crippen LogP contribution in [0.1, 0.15) is 34.9 Å². The van der Waals surface area contributed by atoms with E-state index in [0.29, 0.717) is 56.2 Å². The highest BCUT2D eigenvalue weighted by Gasteiger charge is 2.28. The zero-order chi connectivity index (χ0) is 20.2. The number of benzene rings is 1. The molecule has 29 heavy (non-hydrogen) atoms. The highest BCUT2D eigenvalue weighted by atomic mass is 19.1. The van der Waals surface area contributed by atoms with Gasteiger partial charge in [0.25, 0.3) is 5.91 Å². The largest absolute Gasteiger partial charge is 0.493 e. The second-order valence-electron chi connectivity index (χ2n) is 7.17. The smallest absolute Gasteiger partial charge is 0.318 e. The number of hydrogen-bond acceptors (Lipinski definition) is 4. The van der Waals surface area contributed by atoms with E-state index in [9.17, 15) is 14.0 Å². The van der Waals surface area contributed by atoms with Gasteiger partial charge in [-0.15, -0.1) is 0 Å². The Morgan fingerprint density at radius 1 is 1.10 bits per heavy atom. The van der Waals surface area contributed by atoms with Gasteiger partial charge >= 0.3 is 6.03 Å². The molecule has 0 aliphatic carbocycles. The van der Waals surface area contributed by atoms with Crippen molar-refractivity contribution in [1.82, 2.24) is 20.1 Å². The van der Waals surface area contributed by atoms with Gasteiger partial charge in [-0.25, -0.2) is 9.18 Å². The van der Waals surface area contributed by atoms with Gasteiger partial charge in [-0.2, -0.15) is 0 Å². The maximum absolute atomic E-state index is 13.7. The van der Waals surface area contributed by atoms with Crippen LogP contribution in [0.25, 0.3) is 0 Å². The Bertz CT molecular complexity index is 885. The number of carbonyl (C=O) groups is 2. The minimum Gasteiger partial charge on any atom is -0.493 e. The molecular weight excluding hydrogens is 375 g/mol. The minimum atomic E-state index is -0.352. The third kappa shape index (κ3) is 4.31. The Morgan fingerprint density at radius 2 is 1.90 bits per heavy atom. The molecular formula is C21H23FN4O3. The monoisotopic (exact) mass is 398 g/mol. The van der Waals surface area contributed by atoms with E-state index >= 15 is 0 Å². The quantitative estimate of drug-likeness (QED) is 0.844. The standard InChI is InChI=1S/C21H23FN4O3/c22-15-6-7-19-16(14-15)17(5-3-13-29-19)24-21(28)26-11-9-25(10-12-26)20(27)18-4-1-2-8-23-18/h1-2,4,6-8,14,17H,3,5,9-13H2,(H,24,28). The Kier molecular flexibility index (Phi) is 5.59. The fourth-order valence-corrected chi connectivity index (χ4v) is 3.70. The summed E-state index contributed by atoms with van der Waals surface area (Å²) in [6.45, 7) is 2.30. The predicted molar refractivity (Wildman–Crippen MR) is 104 cm³/mol. The average molecular weight is 398 g/mol. The molecule has 2 aliphatic heterocycles. The molecule has 1 N–H and O–H groups in total. The van der Waals surface area contributed by atoms with Crippen molar-refractivity contribution >= 4 is 11.9 Å². The minimum absolute atomic E-state index is 0.129. The summed E-state index contributed by atoms with van der Waals surface area (Å²) in [6.07, 6.45) is 3.04. The highest BCUT2D eigenvalue weighted by molar-refractivity contribution is 5.92. The normalized spacial score (nSPS) is 19.0. The van der Waals surface area contributed by atoms with Crippen molar-refractivity contribution in [2.75, 3.05) is 32.8 Å². The fraction of sp³-hybridized carbons (Fsp3) is 0.381. The van der Waals surface area contributed by atoms with Crippen molar-refractivity contribution in [3.8, 4) is 5.75 Å². The number of aromatic nitrogens is 1. The van der Waals surface area contributed by atoms with Crippen molar-refractivity contribution in [3.05, 3.63) is 59.7 Å². The molecule has 2 aromatic rings. The number of hydrogen-bond donors (Lipinski definition) is 1. The highest BCUT2D eigenvalue weighted by Crippen LogP contribution is 2.32. The van der Waals surface area contributed by atoms with Crippen molar-refractivity contribution in [2.45, 2.75) is 18.9 Å². The molecule has 1 atom stereocenters. The van der Waals surface area contributed by atoms with Gasteiger partial charge in [-0.05, 0) is 43.2 Å². The molecule has 8 heteroatoms. The first kappa shape index (κ1) is 19.2. The fourth-order valence-electron chi connectivity index (χ4n) is 3.70. The van der Waals surface area contributed by atoms with Gasteiger partial charge in [-0.3, -0.25) is 9.78 Å². The van der Waals surface area contributed by atoms with Crippen LogP contribution < -0.4 is 10.1 Å². The number of carbonyl (C=O) groups excluding carboxylic acids is 2. The molecule has 1 aromatic heterocycles. The molecule has 2 aliphatic rings. The SMILES string of the molecule is O=C(NC1CCCOc2ccc(F)cc21)N1CCN(C(=O)c2ccccn2)CC1. The zero-order valence-corrected chi connectivity index (χ0v) is 16.0. The molecule has 1 aromatic carbocycles. The Hall–Kier alpha value is -3.16. The van der Waals surface area contributed by atoms with E-state index in [1.807, 2.05) is 0 Å². The molecule has 7 nitrogen and oxygen atoms in total. The molecule has 152 valence electrons. The average Bonchev–Trinajstić information content (AvgIpc) is 2.96. The number of amides is 3. The third-order valence-electron chi connectivity index (χ3n) is 5.28. The Balaban J connectivity index is 1.37. The topological polar surface area (TPSA) is 74.8 Å². The summed E-state index contributed by atoms with van der Waals surface area (Å²) in [6, 6.07) is 9.11. The first-order chi connectivity index (χ1) is 14.1. The van der Waals surface area contributed by atoms with Crippen LogP contribution in [0.2, 0.25) is 0 Å². The molecule has 0 bridgehead atoms. The van der Waals surface area contributed by atoms with E-state index in [1.54, 1.807) is 40.3 Å². The number of piperazine rings is 1. The molecule has 3 heterocycles. The van der Waals surface area contributed by atoms with Crippen LogP contribution in [0.5, 0.6) is 5.75 Å². The lowest BCUT2D eigenvalue weighted by Crippen LogP contribution is -2.53. The van der Waals surface area contributed by atoms with Gasteiger partial charge in [0.2, 0.25) is 0 Å². The van der Waals surface area contributed by atoms with Crippen LogP contribution in [0, 0.1) is 5.82 Å².